The zero-order valence-corrected chi connectivity index (χ0v) is 16.0. The van der Waals surface area contributed by atoms with E-state index in [1.807, 2.05) is 66.9 Å². The molecule has 4 rings (SSSR count). The number of anilines is 1. The Morgan fingerprint density at radius 2 is 1.86 bits per heavy atom. The van der Waals surface area contributed by atoms with Gasteiger partial charge < -0.3 is 10.0 Å². The summed E-state index contributed by atoms with van der Waals surface area (Å²) in [6.45, 7) is 2.03. The molecule has 5 nitrogen and oxygen atoms in total. The largest absolute Gasteiger partial charge is 0.396 e. The monoisotopic (exact) mass is 370 g/mol. The molecule has 140 valence electrons. The van der Waals surface area contributed by atoms with Gasteiger partial charge in [0.25, 0.3) is 0 Å². The molecule has 1 atom stereocenters. The van der Waals surface area contributed by atoms with Gasteiger partial charge in [-0.2, -0.15) is 5.26 Å². The van der Waals surface area contributed by atoms with Gasteiger partial charge in [-0.1, -0.05) is 42.5 Å². The van der Waals surface area contributed by atoms with Gasteiger partial charge >= 0.3 is 0 Å². The van der Waals surface area contributed by atoms with Crippen LogP contribution in [0.25, 0.3) is 16.7 Å². The fourth-order valence-corrected chi connectivity index (χ4v) is 3.87. The van der Waals surface area contributed by atoms with Crippen LogP contribution in [0.4, 0.5) is 5.82 Å². The Labute approximate surface area is 164 Å². The molecular weight excluding hydrogens is 348 g/mol. The van der Waals surface area contributed by atoms with Crippen LogP contribution in [0.1, 0.15) is 29.2 Å². The molecule has 5 heteroatoms. The highest BCUT2D eigenvalue weighted by molar-refractivity contribution is 5.85. The quantitative estimate of drug-likeness (QED) is 0.571. The van der Waals surface area contributed by atoms with Crippen LogP contribution in [0, 0.1) is 18.3 Å². The molecule has 2 aromatic heterocycles. The van der Waals surface area contributed by atoms with Gasteiger partial charge in [-0.05, 0) is 42.7 Å². The van der Waals surface area contributed by atoms with Gasteiger partial charge in [0.15, 0.2) is 5.65 Å². The Morgan fingerprint density at radius 3 is 2.57 bits per heavy atom. The molecule has 1 N–H and O–H groups in total. The van der Waals surface area contributed by atoms with Crippen LogP contribution in [0.2, 0.25) is 0 Å². The summed E-state index contributed by atoms with van der Waals surface area (Å²) in [6.07, 6.45) is 0.605. The number of nitriles is 1. The van der Waals surface area contributed by atoms with Crippen molar-refractivity contribution in [1.29, 1.82) is 5.26 Å². The lowest BCUT2D eigenvalue weighted by atomic mass is 10.0. The second kappa shape index (κ2) is 7.34. The first-order chi connectivity index (χ1) is 13.7. The van der Waals surface area contributed by atoms with Crippen molar-refractivity contribution < 1.29 is 5.11 Å². The fraction of sp³-hybridized carbons (Fsp3) is 0.217. The molecule has 0 aliphatic carbocycles. The highest BCUT2D eigenvalue weighted by Crippen LogP contribution is 2.33. The Bertz CT molecular complexity index is 1170. The summed E-state index contributed by atoms with van der Waals surface area (Å²) in [5, 5.41) is 19.4. The number of benzene rings is 2. The summed E-state index contributed by atoms with van der Waals surface area (Å²) in [5.74, 6) is 0.947. The maximum absolute atomic E-state index is 9.69. The van der Waals surface area contributed by atoms with E-state index in [4.69, 9.17) is 4.98 Å². The van der Waals surface area contributed by atoms with Crippen LogP contribution in [0.15, 0.2) is 60.7 Å². The zero-order chi connectivity index (χ0) is 19.7. The van der Waals surface area contributed by atoms with Crippen molar-refractivity contribution in [3.05, 3.63) is 77.4 Å². The second-order valence-corrected chi connectivity index (χ2v) is 6.98. The molecule has 0 fully saturated rings. The SMILES string of the molecule is Cc1cc(N(C)[C@@H](CCO)c2ccccc2)n2c(nc3ccccc32)c1C#N. The van der Waals surface area contributed by atoms with E-state index in [0.29, 0.717) is 17.6 Å². The van der Waals surface area contributed by atoms with E-state index in [9.17, 15) is 10.4 Å². The molecule has 0 amide bonds. The molecule has 0 spiro atoms. The van der Waals surface area contributed by atoms with Gasteiger partial charge in [0, 0.05) is 13.7 Å². The molecule has 4 aromatic rings. The Balaban J connectivity index is 1.98. The predicted molar refractivity (Wildman–Crippen MR) is 111 cm³/mol. The van der Waals surface area contributed by atoms with Gasteiger partial charge in [0.2, 0.25) is 0 Å². The number of fused-ring (bicyclic) bond motifs is 3. The lowest BCUT2D eigenvalue weighted by Gasteiger charge is -2.31. The Morgan fingerprint density at radius 1 is 1.14 bits per heavy atom. The molecule has 0 aliphatic heterocycles. The number of aliphatic hydroxyl groups excluding tert-OH is 1. The van der Waals surface area contributed by atoms with Crippen molar-refractivity contribution in [2.24, 2.45) is 0 Å². The summed E-state index contributed by atoms with van der Waals surface area (Å²) in [5.41, 5.74) is 5.11. The average molecular weight is 370 g/mol. The smallest absolute Gasteiger partial charge is 0.157 e. The molecule has 0 unspecified atom stereocenters. The van der Waals surface area contributed by atoms with E-state index in [1.54, 1.807) is 0 Å². The average Bonchev–Trinajstić information content (AvgIpc) is 3.11. The van der Waals surface area contributed by atoms with Gasteiger partial charge in [0.05, 0.1) is 22.6 Å². The third-order valence-corrected chi connectivity index (χ3v) is 5.28. The maximum Gasteiger partial charge on any atom is 0.157 e. The number of hydrogen-bond acceptors (Lipinski definition) is 4. The van der Waals surface area contributed by atoms with Crippen molar-refractivity contribution in [3.8, 4) is 6.07 Å². The summed E-state index contributed by atoms with van der Waals surface area (Å²) < 4.78 is 2.05. The van der Waals surface area contributed by atoms with Crippen molar-refractivity contribution in [2.75, 3.05) is 18.6 Å². The minimum absolute atomic E-state index is 0.00268. The van der Waals surface area contributed by atoms with Crippen LogP contribution in [0.3, 0.4) is 0 Å². The summed E-state index contributed by atoms with van der Waals surface area (Å²) >= 11 is 0. The van der Waals surface area contributed by atoms with Gasteiger partial charge in [-0.3, -0.25) is 4.40 Å². The topological polar surface area (TPSA) is 64.6 Å². The van der Waals surface area contributed by atoms with E-state index < -0.39 is 0 Å². The molecule has 0 aliphatic rings. The normalized spacial score (nSPS) is 12.2. The molecule has 0 saturated carbocycles. The number of para-hydroxylation sites is 2. The zero-order valence-electron chi connectivity index (χ0n) is 16.0. The molecular formula is C23H22N4O. The molecule has 2 aromatic carbocycles. The number of aryl methyl sites for hydroxylation is 1. The highest BCUT2D eigenvalue weighted by Gasteiger charge is 2.22. The van der Waals surface area contributed by atoms with E-state index in [-0.39, 0.29) is 12.6 Å². The van der Waals surface area contributed by atoms with E-state index >= 15 is 0 Å². The van der Waals surface area contributed by atoms with E-state index in [1.165, 1.54) is 0 Å². The Kier molecular flexibility index (Phi) is 4.72. The standard InChI is InChI=1S/C23H22N4O/c1-16-14-22(26(2)20(12-13-28)17-8-4-3-5-9-17)27-21-11-7-6-10-19(21)25-23(27)18(16)15-24/h3-11,14,20,28H,12-13H2,1-2H3/t20-/m0/s1. The number of imidazole rings is 1. The lowest BCUT2D eigenvalue weighted by Crippen LogP contribution is -2.27. The minimum atomic E-state index is 0.00268. The number of aromatic nitrogens is 2. The number of nitrogens with zero attached hydrogens (tertiary/aromatic N) is 4. The fourth-order valence-electron chi connectivity index (χ4n) is 3.87. The maximum atomic E-state index is 9.69. The van der Waals surface area contributed by atoms with E-state index in [0.717, 1.165) is 28.0 Å². The van der Waals surface area contributed by atoms with Crippen molar-refractivity contribution in [1.82, 2.24) is 9.38 Å². The first kappa shape index (κ1) is 18.0. The third-order valence-electron chi connectivity index (χ3n) is 5.28. The van der Waals surface area contributed by atoms with Crippen molar-refractivity contribution in [2.45, 2.75) is 19.4 Å². The molecule has 28 heavy (non-hydrogen) atoms. The lowest BCUT2D eigenvalue weighted by molar-refractivity contribution is 0.274. The summed E-state index contributed by atoms with van der Waals surface area (Å²) in [7, 11) is 2.03. The number of hydrogen-bond donors (Lipinski definition) is 1. The van der Waals surface area contributed by atoms with Gasteiger partial charge in [0.1, 0.15) is 11.9 Å². The van der Waals surface area contributed by atoms with Crippen LogP contribution >= 0.6 is 0 Å². The van der Waals surface area contributed by atoms with Gasteiger partial charge in [-0.25, -0.2) is 4.98 Å². The summed E-state index contributed by atoms with van der Waals surface area (Å²) in [4.78, 5) is 6.90. The minimum Gasteiger partial charge on any atom is -0.396 e. The molecule has 0 bridgehead atoms. The summed E-state index contributed by atoms with van der Waals surface area (Å²) in [6, 6.07) is 22.4. The van der Waals surface area contributed by atoms with Crippen molar-refractivity contribution >= 4 is 22.5 Å². The van der Waals surface area contributed by atoms with Crippen LogP contribution in [0.5, 0.6) is 0 Å². The van der Waals surface area contributed by atoms with Crippen LogP contribution in [-0.2, 0) is 0 Å². The second-order valence-electron chi connectivity index (χ2n) is 6.98. The number of rotatable bonds is 5. The van der Waals surface area contributed by atoms with Crippen LogP contribution < -0.4 is 4.90 Å². The van der Waals surface area contributed by atoms with E-state index in [2.05, 4.69) is 23.1 Å². The molecule has 2 heterocycles. The van der Waals surface area contributed by atoms with Crippen LogP contribution in [-0.4, -0.2) is 28.1 Å². The first-order valence-corrected chi connectivity index (χ1v) is 9.35. The number of pyridine rings is 1. The molecule has 0 saturated heterocycles. The van der Waals surface area contributed by atoms with Crippen molar-refractivity contribution in [3.63, 3.8) is 0 Å². The first-order valence-electron chi connectivity index (χ1n) is 9.35. The predicted octanol–water partition coefficient (Wildman–Crippen LogP) is 4.23. The van der Waals surface area contributed by atoms with Gasteiger partial charge in [-0.15, -0.1) is 0 Å². The highest BCUT2D eigenvalue weighted by atomic mass is 16.3. The Hall–Kier alpha value is -3.36. The molecule has 0 radical (unpaired) electrons. The number of aliphatic hydroxyl groups is 1. The third kappa shape index (κ3) is 2.88.